The van der Waals surface area contributed by atoms with Gasteiger partial charge in [0, 0.05) is 18.2 Å². The van der Waals surface area contributed by atoms with Crippen molar-refractivity contribution in [3.8, 4) is 17.2 Å². The molecule has 8 nitrogen and oxygen atoms in total. The summed E-state index contributed by atoms with van der Waals surface area (Å²) in [5, 5.41) is 0. The summed E-state index contributed by atoms with van der Waals surface area (Å²) in [7, 11) is 0. The monoisotopic (exact) mass is 410 g/mol. The lowest BCUT2D eigenvalue weighted by Gasteiger charge is -2.17. The van der Waals surface area contributed by atoms with Gasteiger partial charge in [0.2, 0.25) is 11.9 Å². The molecule has 156 valence electrons. The van der Waals surface area contributed by atoms with Crippen molar-refractivity contribution in [2.45, 2.75) is 32.1 Å². The number of anilines is 1. The molecule has 1 fully saturated rings. The Balaban J connectivity index is 0.000000239. The average molecular weight is 410 g/mol. The first-order chi connectivity index (χ1) is 14.5. The zero-order valence-electron chi connectivity index (χ0n) is 16.4. The van der Waals surface area contributed by atoms with Gasteiger partial charge in [-0.25, -0.2) is 19.3 Å². The zero-order chi connectivity index (χ0) is 21.5. The van der Waals surface area contributed by atoms with Crippen molar-refractivity contribution in [2.24, 2.45) is 11.7 Å². The van der Waals surface area contributed by atoms with Crippen molar-refractivity contribution in [1.29, 1.82) is 0 Å². The second kappa shape index (κ2) is 9.73. The fourth-order valence-corrected chi connectivity index (χ4v) is 3.25. The van der Waals surface area contributed by atoms with Crippen LogP contribution in [0.15, 0.2) is 53.6 Å². The van der Waals surface area contributed by atoms with E-state index in [1.807, 2.05) is 0 Å². The molecule has 1 saturated carbocycles. The third-order valence-corrected chi connectivity index (χ3v) is 4.82. The minimum absolute atomic E-state index is 0.00618. The van der Waals surface area contributed by atoms with E-state index in [2.05, 4.69) is 15.0 Å². The number of hydrogen-bond donors (Lipinski definition) is 2. The number of amides is 1. The third kappa shape index (κ3) is 5.25. The average Bonchev–Trinajstić information content (AvgIpc) is 2.77. The Morgan fingerprint density at radius 2 is 1.83 bits per heavy atom. The number of primary amides is 1. The van der Waals surface area contributed by atoms with Crippen LogP contribution in [0.4, 0.5) is 10.3 Å². The van der Waals surface area contributed by atoms with Gasteiger partial charge >= 0.3 is 0 Å². The summed E-state index contributed by atoms with van der Waals surface area (Å²) >= 11 is 0. The highest BCUT2D eigenvalue weighted by molar-refractivity contribution is 5.76. The maximum Gasteiger partial charge on any atom is 0.256 e. The highest BCUT2D eigenvalue weighted by atomic mass is 19.1. The molecule has 1 aliphatic carbocycles. The number of carbonyl (C=O) groups excluding carboxylic acids is 1. The molecule has 0 bridgehead atoms. The Morgan fingerprint density at radius 1 is 1.07 bits per heavy atom. The van der Waals surface area contributed by atoms with Crippen LogP contribution in [0.25, 0.3) is 17.2 Å². The van der Waals surface area contributed by atoms with Crippen LogP contribution >= 0.6 is 0 Å². The van der Waals surface area contributed by atoms with E-state index in [4.69, 9.17) is 11.5 Å². The molecule has 4 N–H and O–H groups in total. The number of halogens is 1. The summed E-state index contributed by atoms with van der Waals surface area (Å²) < 4.78 is 15.1. The standard InChI is InChI=1S/C14H10FN5O.C7H13NO/c15-9-8-17-14(16)19-13(9)10-4-3-5-11(18-10)20-7-2-1-6-12(20)21;8-7(9)6-4-2-1-3-5-6/h1-8H,(H2,16,17,19);6H,1-5H2,(H2,8,9). The molecule has 3 heterocycles. The lowest BCUT2D eigenvalue weighted by molar-refractivity contribution is -0.122. The molecule has 0 aromatic carbocycles. The van der Waals surface area contributed by atoms with E-state index < -0.39 is 5.82 Å². The molecule has 0 saturated heterocycles. The highest BCUT2D eigenvalue weighted by Crippen LogP contribution is 2.22. The van der Waals surface area contributed by atoms with E-state index in [9.17, 15) is 14.0 Å². The van der Waals surface area contributed by atoms with Crippen LogP contribution in [-0.2, 0) is 4.79 Å². The smallest absolute Gasteiger partial charge is 0.256 e. The van der Waals surface area contributed by atoms with Gasteiger partial charge in [-0.3, -0.25) is 14.2 Å². The fraction of sp³-hybridized carbons (Fsp3) is 0.286. The molecular formula is C21H23FN6O2. The van der Waals surface area contributed by atoms with Gasteiger partial charge in [0.25, 0.3) is 5.56 Å². The maximum absolute atomic E-state index is 13.8. The van der Waals surface area contributed by atoms with E-state index >= 15 is 0 Å². The topological polar surface area (TPSA) is 130 Å². The molecule has 0 radical (unpaired) electrons. The molecule has 1 aliphatic rings. The summed E-state index contributed by atoms with van der Waals surface area (Å²) in [6.07, 6.45) is 8.27. The zero-order valence-corrected chi connectivity index (χ0v) is 16.4. The van der Waals surface area contributed by atoms with Crippen LogP contribution in [0, 0.1) is 11.7 Å². The number of nitrogens with zero attached hydrogens (tertiary/aromatic N) is 4. The van der Waals surface area contributed by atoms with Gasteiger partial charge in [0.1, 0.15) is 11.5 Å². The fourth-order valence-electron chi connectivity index (χ4n) is 3.25. The predicted octanol–water partition coefficient (Wildman–Crippen LogP) is 2.46. The molecule has 0 aliphatic heterocycles. The largest absolute Gasteiger partial charge is 0.369 e. The van der Waals surface area contributed by atoms with E-state index in [1.54, 1.807) is 36.5 Å². The summed E-state index contributed by atoms with van der Waals surface area (Å²) in [5.74, 6) is -0.215. The van der Waals surface area contributed by atoms with Crippen LogP contribution < -0.4 is 17.0 Å². The normalized spacial score (nSPS) is 13.9. The molecule has 3 aromatic heterocycles. The number of nitrogens with two attached hydrogens (primary N) is 2. The Bertz CT molecular complexity index is 1080. The molecular weight excluding hydrogens is 387 g/mol. The molecule has 9 heteroatoms. The predicted molar refractivity (Wildman–Crippen MR) is 111 cm³/mol. The Kier molecular flexibility index (Phi) is 6.84. The van der Waals surface area contributed by atoms with Gasteiger partial charge < -0.3 is 11.5 Å². The Labute approximate surface area is 172 Å². The van der Waals surface area contributed by atoms with Crippen LogP contribution in [0.1, 0.15) is 32.1 Å². The Morgan fingerprint density at radius 3 is 2.50 bits per heavy atom. The van der Waals surface area contributed by atoms with Crippen LogP contribution in [0.2, 0.25) is 0 Å². The SMILES string of the molecule is NC(=O)C1CCCCC1.Nc1ncc(F)c(-c2cccc(-n3ccccc3=O)n2)n1. The highest BCUT2D eigenvalue weighted by Gasteiger charge is 2.17. The van der Waals surface area contributed by atoms with Crippen LogP contribution in [0.3, 0.4) is 0 Å². The van der Waals surface area contributed by atoms with Gasteiger partial charge in [-0.05, 0) is 31.0 Å². The van der Waals surface area contributed by atoms with Gasteiger partial charge in [-0.2, -0.15) is 0 Å². The first-order valence-corrected chi connectivity index (χ1v) is 9.68. The quantitative estimate of drug-likeness (QED) is 0.682. The lowest BCUT2D eigenvalue weighted by Crippen LogP contribution is -2.24. The van der Waals surface area contributed by atoms with Crippen molar-refractivity contribution < 1.29 is 9.18 Å². The minimum Gasteiger partial charge on any atom is -0.369 e. The molecule has 0 unspecified atom stereocenters. The summed E-state index contributed by atoms with van der Waals surface area (Å²) in [6.45, 7) is 0. The first-order valence-electron chi connectivity index (χ1n) is 9.68. The van der Waals surface area contributed by atoms with Gasteiger partial charge in [-0.1, -0.05) is 31.4 Å². The molecule has 30 heavy (non-hydrogen) atoms. The third-order valence-electron chi connectivity index (χ3n) is 4.82. The lowest BCUT2D eigenvalue weighted by atomic mass is 9.89. The van der Waals surface area contributed by atoms with Crippen molar-refractivity contribution >= 4 is 11.9 Å². The summed E-state index contributed by atoms with van der Waals surface area (Å²) in [5.41, 5.74) is 10.6. The van der Waals surface area contributed by atoms with Gasteiger partial charge in [0.05, 0.1) is 11.9 Å². The second-order valence-electron chi connectivity index (χ2n) is 6.95. The summed E-state index contributed by atoms with van der Waals surface area (Å²) in [6, 6.07) is 9.65. The van der Waals surface area contributed by atoms with E-state index in [0.29, 0.717) is 5.82 Å². The Hall–Kier alpha value is -3.62. The van der Waals surface area contributed by atoms with E-state index in [1.165, 1.54) is 29.9 Å². The number of nitrogen functional groups attached to an aromatic ring is 1. The van der Waals surface area contributed by atoms with Crippen molar-refractivity contribution in [3.05, 3.63) is 65.0 Å². The first kappa shape index (κ1) is 21.1. The number of rotatable bonds is 3. The number of pyridine rings is 2. The van der Waals surface area contributed by atoms with Crippen molar-refractivity contribution in [1.82, 2.24) is 19.5 Å². The van der Waals surface area contributed by atoms with E-state index in [-0.39, 0.29) is 34.7 Å². The maximum atomic E-state index is 13.8. The molecule has 4 rings (SSSR count). The van der Waals surface area contributed by atoms with Crippen molar-refractivity contribution in [2.75, 3.05) is 5.73 Å². The molecule has 0 spiro atoms. The summed E-state index contributed by atoms with van der Waals surface area (Å²) in [4.78, 5) is 34.0. The number of carbonyl (C=O) groups is 1. The van der Waals surface area contributed by atoms with Gasteiger partial charge in [0.15, 0.2) is 5.82 Å². The molecule has 3 aromatic rings. The minimum atomic E-state index is -0.630. The molecule has 0 atom stereocenters. The van der Waals surface area contributed by atoms with Crippen LogP contribution in [0.5, 0.6) is 0 Å². The molecule has 1 amide bonds. The van der Waals surface area contributed by atoms with Crippen LogP contribution in [-0.4, -0.2) is 25.4 Å². The number of aromatic nitrogens is 4. The number of hydrogen-bond acceptors (Lipinski definition) is 6. The van der Waals surface area contributed by atoms with E-state index in [0.717, 1.165) is 19.0 Å². The second-order valence-corrected chi connectivity index (χ2v) is 6.95. The van der Waals surface area contributed by atoms with Gasteiger partial charge in [-0.15, -0.1) is 0 Å². The van der Waals surface area contributed by atoms with Crippen molar-refractivity contribution in [3.63, 3.8) is 0 Å².